The number of hydrogen-bond acceptors (Lipinski definition) is 2. The first-order valence-corrected chi connectivity index (χ1v) is 6.93. The largest absolute Gasteiger partial charge is 0.481 e. The Bertz CT molecular complexity index is 429. The van der Waals surface area contributed by atoms with Crippen LogP contribution in [0.3, 0.4) is 0 Å². The van der Waals surface area contributed by atoms with Crippen molar-refractivity contribution in [3.8, 4) is 0 Å². The summed E-state index contributed by atoms with van der Waals surface area (Å²) in [4.78, 5) is 11.0. The third-order valence-corrected chi connectivity index (χ3v) is 3.73. The van der Waals surface area contributed by atoms with Crippen LogP contribution < -0.4 is 5.73 Å². The second kappa shape index (κ2) is 7.29. The molecule has 3 heteroatoms. The number of carbonyl (C=O) groups is 1. The predicted molar refractivity (Wildman–Crippen MR) is 78.2 cm³/mol. The minimum Gasteiger partial charge on any atom is -0.481 e. The molecule has 3 nitrogen and oxygen atoms in total. The highest BCUT2D eigenvalue weighted by atomic mass is 16.4. The van der Waals surface area contributed by atoms with Crippen LogP contribution >= 0.6 is 0 Å². The van der Waals surface area contributed by atoms with Gasteiger partial charge in [0.15, 0.2) is 0 Å². The van der Waals surface area contributed by atoms with Crippen LogP contribution in [0.15, 0.2) is 18.2 Å². The van der Waals surface area contributed by atoms with Gasteiger partial charge >= 0.3 is 5.97 Å². The third kappa shape index (κ3) is 5.03. The molecule has 0 saturated carbocycles. The van der Waals surface area contributed by atoms with E-state index < -0.39 is 11.9 Å². The molecule has 0 aromatic heterocycles. The molecular weight excluding hydrogens is 238 g/mol. The standard InChI is InChI=1S/C16H25NO2/c1-11-4-6-13(3)14(8-11)7-5-12(2)9-15(10-17)16(18)19/h4,6,8,12,15H,5,7,9-10,17H2,1-3H3,(H,18,19). The summed E-state index contributed by atoms with van der Waals surface area (Å²) in [7, 11) is 0. The maximum Gasteiger partial charge on any atom is 0.307 e. The normalized spacial score (nSPS) is 14.1. The van der Waals surface area contributed by atoms with Crippen molar-refractivity contribution in [3.63, 3.8) is 0 Å². The zero-order chi connectivity index (χ0) is 14.4. The summed E-state index contributed by atoms with van der Waals surface area (Å²) in [5, 5.41) is 9.01. The Labute approximate surface area is 115 Å². The van der Waals surface area contributed by atoms with Gasteiger partial charge in [-0.15, -0.1) is 0 Å². The Kier molecular flexibility index (Phi) is 6.03. The molecule has 0 aliphatic rings. The minimum atomic E-state index is -0.777. The van der Waals surface area contributed by atoms with Gasteiger partial charge in [0.25, 0.3) is 0 Å². The van der Waals surface area contributed by atoms with Crippen molar-refractivity contribution in [2.45, 2.75) is 40.0 Å². The van der Waals surface area contributed by atoms with Crippen LogP contribution in [0.2, 0.25) is 0 Å². The van der Waals surface area contributed by atoms with Gasteiger partial charge in [-0.25, -0.2) is 0 Å². The van der Waals surface area contributed by atoms with Crippen LogP contribution in [0.4, 0.5) is 0 Å². The van der Waals surface area contributed by atoms with Gasteiger partial charge < -0.3 is 10.8 Å². The Morgan fingerprint density at radius 1 is 1.37 bits per heavy atom. The summed E-state index contributed by atoms with van der Waals surface area (Å²) in [5.41, 5.74) is 9.45. The van der Waals surface area contributed by atoms with E-state index in [-0.39, 0.29) is 6.54 Å². The molecule has 0 heterocycles. The number of hydrogen-bond donors (Lipinski definition) is 2. The molecule has 2 atom stereocenters. The molecular formula is C16H25NO2. The molecule has 1 rings (SSSR count). The molecule has 0 spiro atoms. The summed E-state index contributed by atoms with van der Waals surface area (Å²) in [6.07, 6.45) is 2.68. The molecule has 1 aromatic rings. The number of aliphatic carboxylic acids is 1. The number of carboxylic acid groups (broad SMARTS) is 1. The van der Waals surface area contributed by atoms with Gasteiger partial charge in [0.05, 0.1) is 5.92 Å². The molecule has 0 fully saturated rings. The number of benzene rings is 1. The van der Waals surface area contributed by atoms with Gasteiger partial charge in [-0.05, 0) is 50.2 Å². The van der Waals surface area contributed by atoms with E-state index in [0.717, 1.165) is 12.8 Å². The lowest BCUT2D eigenvalue weighted by atomic mass is 9.90. The average molecular weight is 263 g/mol. The van der Waals surface area contributed by atoms with Gasteiger partial charge in [-0.2, -0.15) is 0 Å². The number of aryl methyl sites for hydroxylation is 3. The SMILES string of the molecule is Cc1ccc(C)c(CCC(C)CC(CN)C(=O)O)c1. The lowest BCUT2D eigenvalue weighted by Gasteiger charge is -2.16. The Balaban J connectivity index is 2.52. The Morgan fingerprint density at radius 2 is 2.05 bits per heavy atom. The van der Waals surface area contributed by atoms with E-state index in [1.54, 1.807) is 0 Å². The van der Waals surface area contributed by atoms with E-state index in [4.69, 9.17) is 10.8 Å². The van der Waals surface area contributed by atoms with Crippen molar-refractivity contribution in [1.29, 1.82) is 0 Å². The molecule has 1 aromatic carbocycles. The molecule has 0 radical (unpaired) electrons. The van der Waals surface area contributed by atoms with Crippen LogP contribution in [0, 0.1) is 25.7 Å². The van der Waals surface area contributed by atoms with Crippen molar-refractivity contribution >= 4 is 5.97 Å². The smallest absolute Gasteiger partial charge is 0.307 e. The van der Waals surface area contributed by atoms with E-state index in [9.17, 15) is 4.79 Å². The minimum absolute atomic E-state index is 0.225. The fourth-order valence-electron chi connectivity index (χ4n) is 2.37. The fourth-order valence-corrected chi connectivity index (χ4v) is 2.37. The Morgan fingerprint density at radius 3 is 2.63 bits per heavy atom. The second-order valence-electron chi connectivity index (χ2n) is 5.58. The maximum absolute atomic E-state index is 11.0. The molecule has 0 amide bonds. The highest BCUT2D eigenvalue weighted by Gasteiger charge is 2.18. The first-order valence-electron chi connectivity index (χ1n) is 6.93. The van der Waals surface area contributed by atoms with Gasteiger partial charge in [-0.1, -0.05) is 30.7 Å². The van der Waals surface area contributed by atoms with Crippen molar-refractivity contribution in [2.75, 3.05) is 6.54 Å². The molecule has 106 valence electrons. The summed E-state index contributed by atoms with van der Waals surface area (Å²) in [6, 6.07) is 6.49. The summed E-state index contributed by atoms with van der Waals surface area (Å²) in [5.74, 6) is -0.806. The summed E-state index contributed by atoms with van der Waals surface area (Å²) in [6.45, 7) is 6.56. The van der Waals surface area contributed by atoms with Crippen LogP contribution in [0.1, 0.15) is 36.5 Å². The van der Waals surface area contributed by atoms with Gasteiger partial charge in [0, 0.05) is 6.54 Å². The molecule has 2 unspecified atom stereocenters. The van der Waals surface area contributed by atoms with Gasteiger partial charge in [-0.3, -0.25) is 4.79 Å². The molecule has 19 heavy (non-hydrogen) atoms. The lowest BCUT2D eigenvalue weighted by molar-refractivity contribution is -0.141. The van der Waals surface area contributed by atoms with Crippen LogP contribution in [-0.4, -0.2) is 17.6 Å². The van der Waals surface area contributed by atoms with Crippen molar-refractivity contribution in [3.05, 3.63) is 34.9 Å². The third-order valence-electron chi connectivity index (χ3n) is 3.73. The van der Waals surface area contributed by atoms with Crippen molar-refractivity contribution < 1.29 is 9.90 Å². The molecule has 3 N–H and O–H groups in total. The van der Waals surface area contributed by atoms with Crippen LogP contribution in [0.5, 0.6) is 0 Å². The first-order chi connectivity index (χ1) is 8.93. The number of rotatable bonds is 7. The van der Waals surface area contributed by atoms with Crippen LogP contribution in [0.25, 0.3) is 0 Å². The fraction of sp³-hybridized carbons (Fsp3) is 0.562. The molecule has 0 aliphatic carbocycles. The van der Waals surface area contributed by atoms with Crippen molar-refractivity contribution in [2.24, 2.45) is 17.6 Å². The van der Waals surface area contributed by atoms with E-state index in [0.29, 0.717) is 12.3 Å². The average Bonchev–Trinajstić information content (AvgIpc) is 2.36. The van der Waals surface area contributed by atoms with Gasteiger partial charge in [0.2, 0.25) is 0 Å². The lowest BCUT2D eigenvalue weighted by Crippen LogP contribution is -2.25. The number of nitrogens with two attached hydrogens (primary N) is 1. The molecule has 0 aliphatic heterocycles. The zero-order valence-electron chi connectivity index (χ0n) is 12.1. The molecule has 0 bridgehead atoms. The number of carboxylic acids is 1. The van der Waals surface area contributed by atoms with Crippen LogP contribution in [-0.2, 0) is 11.2 Å². The molecule has 0 saturated heterocycles. The highest BCUT2D eigenvalue weighted by molar-refractivity contribution is 5.70. The second-order valence-corrected chi connectivity index (χ2v) is 5.58. The summed E-state index contributed by atoms with van der Waals surface area (Å²) >= 11 is 0. The first kappa shape index (κ1) is 15.7. The van der Waals surface area contributed by atoms with E-state index in [1.165, 1.54) is 16.7 Å². The van der Waals surface area contributed by atoms with E-state index in [1.807, 2.05) is 0 Å². The van der Waals surface area contributed by atoms with E-state index >= 15 is 0 Å². The monoisotopic (exact) mass is 263 g/mol. The Hall–Kier alpha value is -1.35. The predicted octanol–water partition coefficient (Wildman–Crippen LogP) is 2.92. The zero-order valence-corrected chi connectivity index (χ0v) is 12.1. The highest BCUT2D eigenvalue weighted by Crippen LogP contribution is 2.20. The van der Waals surface area contributed by atoms with Crippen molar-refractivity contribution in [1.82, 2.24) is 0 Å². The van der Waals surface area contributed by atoms with Gasteiger partial charge in [0.1, 0.15) is 0 Å². The summed E-state index contributed by atoms with van der Waals surface area (Å²) < 4.78 is 0. The topological polar surface area (TPSA) is 63.3 Å². The quantitative estimate of drug-likeness (QED) is 0.795. The van der Waals surface area contributed by atoms with E-state index in [2.05, 4.69) is 39.0 Å². The maximum atomic E-state index is 11.0.